The molecule has 5 heteroatoms. The molecule has 1 N–H and O–H groups in total. The van der Waals surface area contributed by atoms with E-state index in [0.29, 0.717) is 6.61 Å². The van der Waals surface area contributed by atoms with Gasteiger partial charge in [0.2, 0.25) is 0 Å². The van der Waals surface area contributed by atoms with Crippen molar-refractivity contribution in [2.75, 3.05) is 20.3 Å². The molecule has 2 rings (SSSR count). The molecule has 0 amide bonds. The first kappa shape index (κ1) is 14.1. The fourth-order valence-corrected chi connectivity index (χ4v) is 1.89. The molecule has 0 unspecified atom stereocenters. The molecule has 1 aliphatic heterocycles. The Morgan fingerprint density at radius 1 is 1.42 bits per heavy atom. The van der Waals surface area contributed by atoms with Crippen molar-refractivity contribution < 1.29 is 4.84 Å². The van der Waals surface area contributed by atoms with Crippen LogP contribution in [-0.2, 0) is 11.4 Å². The molecule has 0 bridgehead atoms. The Bertz CT molecular complexity index is 482. The normalized spacial score (nSPS) is 18.5. The number of nitrogens with one attached hydrogen (secondary N) is 1. The minimum absolute atomic E-state index is 0.495. The van der Waals surface area contributed by atoms with Crippen LogP contribution < -0.4 is 5.48 Å². The third kappa shape index (κ3) is 4.35. The number of hydrogen-bond acceptors (Lipinski definition) is 4. The van der Waals surface area contributed by atoms with Crippen LogP contribution in [0.2, 0.25) is 5.02 Å². The number of hydroxylamine groups is 1. The van der Waals surface area contributed by atoms with Gasteiger partial charge in [-0.15, -0.1) is 0 Å². The average molecular weight is 280 g/mol. The molecule has 0 aliphatic carbocycles. The monoisotopic (exact) mass is 279 g/mol. The molecule has 1 heterocycles. The van der Waals surface area contributed by atoms with Gasteiger partial charge in [0.05, 0.1) is 13.3 Å². The zero-order chi connectivity index (χ0) is 13.7. The van der Waals surface area contributed by atoms with Crippen molar-refractivity contribution in [1.82, 2.24) is 10.4 Å². The van der Waals surface area contributed by atoms with Crippen molar-refractivity contribution in [3.63, 3.8) is 0 Å². The van der Waals surface area contributed by atoms with Gasteiger partial charge in [-0.05, 0) is 31.7 Å². The fraction of sp³-hybridized carbons (Fsp3) is 0.357. The highest BCUT2D eigenvalue weighted by Gasteiger charge is 2.08. The summed E-state index contributed by atoms with van der Waals surface area (Å²) in [5.41, 5.74) is 6.17. The van der Waals surface area contributed by atoms with Crippen LogP contribution in [0.4, 0.5) is 0 Å². The molecule has 0 atom stereocenters. The molecule has 1 aromatic carbocycles. The maximum absolute atomic E-state index is 5.83. The number of rotatable bonds is 4. The van der Waals surface area contributed by atoms with Crippen LogP contribution in [0.5, 0.6) is 0 Å². The highest BCUT2D eigenvalue weighted by molar-refractivity contribution is 6.30. The molecular formula is C14H18ClN3O. The molecule has 0 spiro atoms. The van der Waals surface area contributed by atoms with E-state index < -0.39 is 0 Å². The summed E-state index contributed by atoms with van der Waals surface area (Å²) in [6.07, 6.45) is 1.90. The first-order valence-corrected chi connectivity index (χ1v) is 6.53. The predicted molar refractivity (Wildman–Crippen MR) is 78.1 cm³/mol. The quantitative estimate of drug-likeness (QED) is 0.861. The Balaban J connectivity index is 1.85. The maximum Gasteiger partial charge on any atom is 0.0996 e. The molecule has 0 radical (unpaired) electrons. The minimum atomic E-state index is 0.495. The highest BCUT2D eigenvalue weighted by Crippen LogP contribution is 2.10. The van der Waals surface area contributed by atoms with Crippen molar-refractivity contribution in [1.29, 1.82) is 0 Å². The number of halogens is 1. The number of likely N-dealkylation sites (N-methyl/N-ethyl adjacent to an activating group) is 1. The standard InChI is InChI=1S/C14H18ClN3O/c1-11(13-7-16-10-18(2)8-13)17-19-9-12-3-5-14(15)6-4-12/h3-7,17H,8-10H2,1-2H3/b13-11+. The molecule has 0 saturated carbocycles. The summed E-state index contributed by atoms with van der Waals surface area (Å²) in [6, 6.07) is 7.60. The molecule has 1 aliphatic rings. The second-order valence-corrected chi connectivity index (χ2v) is 5.07. The van der Waals surface area contributed by atoms with Crippen LogP contribution >= 0.6 is 11.6 Å². The van der Waals surface area contributed by atoms with Crippen LogP contribution in [0.1, 0.15) is 12.5 Å². The first-order chi connectivity index (χ1) is 9.15. The van der Waals surface area contributed by atoms with Crippen molar-refractivity contribution >= 4 is 17.8 Å². The predicted octanol–water partition coefficient (Wildman–Crippen LogP) is 2.61. The number of allylic oxidation sites excluding steroid dienone is 1. The van der Waals surface area contributed by atoms with E-state index >= 15 is 0 Å². The van der Waals surface area contributed by atoms with Gasteiger partial charge in [0.25, 0.3) is 0 Å². The van der Waals surface area contributed by atoms with Gasteiger partial charge in [-0.2, -0.15) is 0 Å². The summed E-state index contributed by atoms with van der Waals surface area (Å²) in [6.45, 7) is 4.12. The molecule has 0 fully saturated rings. The lowest BCUT2D eigenvalue weighted by atomic mass is 10.2. The summed E-state index contributed by atoms with van der Waals surface area (Å²) in [5.74, 6) is 0. The van der Waals surface area contributed by atoms with Gasteiger partial charge in [-0.1, -0.05) is 23.7 Å². The topological polar surface area (TPSA) is 36.9 Å². The SMILES string of the molecule is C/C(NOCc1ccc(Cl)cc1)=C1/C=NCN(C)C1. The van der Waals surface area contributed by atoms with E-state index in [1.54, 1.807) is 0 Å². The van der Waals surface area contributed by atoms with Crippen molar-refractivity contribution in [3.8, 4) is 0 Å². The lowest BCUT2D eigenvalue weighted by molar-refractivity contribution is 0.0486. The van der Waals surface area contributed by atoms with Gasteiger partial charge in [-0.25, -0.2) is 0 Å². The summed E-state index contributed by atoms with van der Waals surface area (Å²) in [7, 11) is 2.04. The number of benzene rings is 1. The zero-order valence-electron chi connectivity index (χ0n) is 11.2. The molecule has 4 nitrogen and oxygen atoms in total. The summed E-state index contributed by atoms with van der Waals surface area (Å²) in [5, 5.41) is 0.733. The Morgan fingerprint density at radius 3 is 2.84 bits per heavy atom. The van der Waals surface area contributed by atoms with E-state index in [4.69, 9.17) is 16.4 Å². The molecule has 0 saturated heterocycles. The van der Waals surface area contributed by atoms with Crippen molar-refractivity contribution in [3.05, 3.63) is 46.1 Å². The van der Waals surface area contributed by atoms with E-state index in [1.165, 1.54) is 0 Å². The van der Waals surface area contributed by atoms with Gasteiger partial charge >= 0.3 is 0 Å². The Labute approximate surface area is 118 Å². The van der Waals surface area contributed by atoms with Gasteiger partial charge in [-0.3, -0.25) is 20.2 Å². The number of hydrogen-bond donors (Lipinski definition) is 1. The van der Waals surface area contributed by atoms with E-state index in [1.807, 2.05) is 44.5 Å². The van der Waals surface area contributed by atoms with Crippen molar-refractivity contribution in [2.45, 2.75) is 13.5 Å². The maximum atomic E-state index is 5.83. The van der Waals surface area contributed by atoms with Gasteiger partial charge < -0.3 is 0 Å². The van der Waals surface area contributed by atoms with Crippen molar-refractivity contribution in [2.24, 2.45) is 4.99 Å². The van der Waals surface area contributed by atoms with Crippen LogP contribution in [0, 0.1) is 0 Å². The molecular weight excluding hydrogens is 262 g/mol. The summed E-state index contributed by atoms with van der Waals surface area (Å²) < 4.78 is 0. The summed E-state index contributed by atoms with van der Waals surface area (Å²) in [4.78, 5) is 11.9. The second kappa shape index (κ2) is 6.70. The second-order valence-electron chi connectivity index (χ2n) is 4.63. The van der Waals surface area contributed by atoms with E-state index in [-0.39, 0.29) is 0 Å². The first-order valence-electron chi connectivity index (χ1n) is 6.15. The largest absolute Gasteiger partial charge is 0.283 e. The zero-order valence-corrected chi connectivity index (χ0v) is 11.9. The smallest absolute Gasteiger partial charge is 0.0996 e. The number of nitrogens with zero attached hydrogens (tertiary/aromatic N) is 2. The Morgan fingerprint density at radius 2 is 2.16 bits per heavy atom. The van der Waals surface area contributed by atoms with Gasteiger partial charge in [0.1, 0.15) is 0 Å². The Kier molecular flexibility index (Phi) is 4.96. The van der Waals surface area contributed by atoms with Crippen LogP contribution in [0.3, 0.4) is 0 Å². The molecule has 102 valence electrons. The molecule has 0 aromatic heterocycles. The van der Waals surface area contributed by atoms with E-state index in [0.717, 1.165) is 35.1 Å². The van der Waals surface area contributed by atoms with Crippen LogP contribution in [0.15, 0.2) is 40.5 Å². The van der Waals surface area contributed by atoms with E-state index in [9.17, 15) is 0 Å². The third-order valence-corrected chi connectivity index (χ3v) is 3.12. The summed E-state index contributed by atoms with van der Waals surface area (Å²) >= 11 is 5.83. The van der Waals surface area contributed by atoms with E-state index in [2.05, 4.69) is 15.4 Å². The van der Waals surface area contributed by atoms with Gasteiger partial charge in [0.15, 0.2) is 0 Å². The van der Waals surface area contributed by atoms with Crippen LogP contribution in [0.25, 0.3) is 0 Å². The highest BCUT2D eigenvalue weighted by atomic mass is 35.5. The Hall–Kier alpha value is -1.36. The number of aliphatic imine (C=N–C) groups is 1. The van der Waals surface area contributed by atoms with Crippen LogP contribution in [-0.4, -0.2) is 31.4 Å². The van der Waals surface area contributed by atoms with Gasteiger partial charge in [0, 0.05) is 29.1 Å². The fourth-order valence-electron chi connectivity index (χ4n) is 1.76. The molecule has 1 aromatic rings. The molecule has 19 heavy (non-hydrogen) atoms. The minimum Gasteiger partial charge on any atom is -0.283 e. The lowest BCUT2D eigenvalue weighted by Crippen LogP contribution is -2.28. The lowest BCUT2D eigenvalue weighted by Gasteiger charge is -2.21. The third-order valence-electron chi connectivity index (χ3n) is 2.87. The average Bonchev–Trinajstić information content (AvgIpc) is 2.41.